The van der Waals surface area contributed by atoms with Crippen molar-refractivity contribution in [2.75, 3.05) is 0 Å². The predicted molar refractivity (Wildman–Crippen MR) is 243 cm³/mol. The van der Waals surface area contributed by atoms with Gasteiger partial charge in [-0.2, -0.15) is 0 Å². The molecule has 9 aromatic rings. The Bertz CT molecular complexity index is 2540. The predicted octanol–water partition coefficient (Wildman–Crippen LogP) is 15.9. The zero-order chi connectivity index (χ0) is 37.6. The molecular formula is C50H37Br2NS2. The lowest BCUT2D eigenvalue weighted by atomic mass is 10.1. The molecule has 0 spiro atoms. The number of rotatable bonds is 5. The minimum atomic E-state index is 1.10. The minimum Gasteiger partial charge on any atom is -0.309 e. The zero-order valence-electron chi connectivity index (χ0n) is 30.2. The lowest BCUT2D eigenvalue weighted by molar-refractivity contribution is 1.17. The van der Waals surface area contributed by atoms with E-state index in [1.165, 1.54) is 74.9 Å². The quantitative estimate of drug-likeness (QED) is 0.170. The van der Waals surface area contributed by atoms with E-state index in [1.54, 1.807) is 23.5 Å². The fourth-order valence-electron chi connectivity index (χ4n) is 6.83. The van der Waals surface area contributed by atoms with Crippen LogP contribution in [0.5, 0.6) is 0 Å². The largest absolute Gasteiger partial charge is 0.309 e. The Morgan fingerprint density at radius 1 is 0.400 bits per heavy atom. The van der Waals surface area contributed by atoms with E-state index in [1.807, 2.05) is 0 Å². The molecule has 0 unspecified atom stereocenters. The highest BCUT2D eigenvalue weighted by molar-refractivity contribution is 9.10. The molecule has 0 N–H and O–H groups in total. The molecule has 10 rings (SSSR count). The van der Waals surface area contributed by atoms with Gasteiger partial charge in [-0.1, -0.05) is 158 Å². The molecule has 0 radical (unpaired) electrons. The zero-order valence-corrected chi connectivity index (χ0v) is 35.0. The third-order valence-electron chi connectivity index (χ3n) is 9.50. The van der Waals surface area contributed by atoms with Crippen molar-refractivity contribution in [1.82, 2.24) is 4.57 Å². The number of aromatic nitrogens is 1. The molecular weight excluding hydrogens is 838 g/mol. The molecule has 0 saturated heterocycles. The van der Waals surface area contributed by atoms with Gasteiger partial charge in [-0.25, -0.2) is 0 Å². The van der Waals surface area contributed by atoms with Crippen LogP contribution in [0.4, 0.5) is 0 Å². The molecule has 268 valence electrons. The van der Waals surface area contributed by atoms with Gasteiger partial charge in [-0.05, 0) is 133 Å². The second-order valence-corrected chi connectivity index (χ2v) is 17.4. The maximum atomic E-state index is 3.49. The van der Waals surface area contributed by atoms with Gasteiger partial charge in [0.1, 0.15) is 0 Å². The van der Waals surface area contributed by atoms with E-state index in [-0.39, 0.29) is 0 Å². The molecule has 0 fully saturated rings. The van der Waals surface area contributed by atoms with Crippen LogP contribution in [0.3, 0.4) is 0 Å². The van der Waals surface area contributed by atoms with E-state index in [0.717, 1.165) is 15.4 Å². The van der Waals surface area contributed by atoms with E-state index in [2.05, 4.69) is 237 Å². The van der Waals surface area contributed by atoms with Crippen molar-refractivity contribution in [2.45, 2.75) is 32.9 Å². The summed E-state index contributed by atoms with van der Waals surface area (Å²) in [6, 6.07) is 68.7. The molecule has 0 atom stereocenters. The number of hydrogen-bond donors (Lipinski definition) is 0. The number of para-hydroxylation sites is 2. The van der Waals surface area contributed by atoms with Crippen molar-refractivity contribution in [3.05, 3.63) is 220 Å². The fourth-order valence-corrected chi connectivity index (χ4v) is 8.99. The van der Waals surface area contributed by atoms with Gasteiger partial charge in [0.2, 0.25) is 0 Å². The second kappa shape index (κ2) is 17.3. The Balaban J connectivity index is 0.000000128. The van der Waals surface area contributed by atoms with Gasteiger partial charge in [0, 0.05) is 45.0 Å². The molecule has 1 nitrogen and oxygen atoms in total. The molecule has 0 amide bonds. The van der Waals surface area contributed by atoms with Crippen LogP contribution in [0.25, 0.3) is 38.6 Å². The molecule has 1 aliphatic rings. The molecule has 0 aliphatic heterocycles. The Morgan fingerprint density at radius 2 is 0.764 bits per heavy atom. The smallest absolute Gasteiger partial charge is 0.0541 e. The monoisotopic (exact) mass is 873 g/mol. The van der Waals surface area contributed by atoms with Crippen molar-refractivity contribution in [3.63, 3.8) is 0 Å². The van der Waals surface area contributed by atoms with E-state index in [4.69, 9.17) is 0 Å². The number of nitrogens with zero attached hydrogens (tertiary/aromatic N) is 1. The molecule has 0 bridgehead atoms. The fraction of sp³-hybridized carbons (Fsp3) is 0.0400. The Hall–Kier alpha value is -4.78. The van der Waals surface area contributed by atoms with Gasteiger partial charge in [-0.3, -0.25) is 0 Å². The van der Waals surface area contributed by atoms with Gasteiger partial charge in [0.25, 0.3) is 0 Å². The van der Waals surface area contributed by atoms with E-state index < -0.39 is 0 Å². The van der Waals surface area contributed by atoms with Crippen molar-refractivity contribution < 1.29 is 0 Å². The number of halogens is 2. The molecule has 0 saturated carbocycles. The molecule has 1 aliphatic carbocycles. The summed E-state index contributed by atoms with van der Waals surface area (Å²) in [5, 5.41) is 2.59. The van der Waals surface area contributed by atoms with Gasteiger partial charge in [0.05, 0.1) is 11.0 Å². The van der Waals surface area contributed by atoms with Gasteiger partial charge >= 0.3 is 0 Å². The van der Waals surface area contributed by atoms with Crippen LogP contribution in [0.15, 0.2) is 223 Å². The highest BCUT2D eigenvalue weighted by Crippen LogP contribution is 2.36. The van der Waals surface area contributed by atoms with Crippen molar-refractivity contribution >= 4 is 77.2 Å². The van der Waals surface area contributed by atoms with Crippen molar-refractivity contribution in [3.8, 4) is 16.8 Å². The van der Waals surface area contributed by atoms with Crippen LogP contribution in [-0.2, 0) is 6.42 Å². The summed E-state index contributed by atoms with van der Waals surface area (Å²) in [7, 11) is 0. The van der Waals surface area contributed by atoms with Crippen LogP contribution in [0.2, 0.25) is 0 Å². The average Bonchev–Trinajstić information content (AvgIpc) is 3.77. The van der Waals surface area contributed by atoms with Crippen molar-refractivity contribution in [2.24, 2.45) is 0 Å². The van der Waals surface area contributed by atoms with Crippen LogP contribution in [0, 0.1) is 6.92 Å². The molecule has 1 heterocycles. The third-order valence-corrected chi connectivity index (χ3v) is 12.6. The Labute approximate surface area is 348 Å². The lowest BCUT2D eigenvalue weighted by Crippen LogP contribution is -1.93. The van der Waals surface area contributed by atoms with Crippen LogP contribution < -0.4 is 0 Å². The van der Waals surface area contributed by atoms with Crippen LogP contribution in [0.1, 0.15) is 16.7 Å². The molecule has 1 aromatic heterocycles. The minimum absolute atomic E-state index is 1.10. The standard InChI is InChI=1S/C24H16BrNS.C13H11BrS.C13H10/c25-17-9-13-19(14-10-17)27-20-15-11-18(12-16-20)26-23-7-3-1-5-21(23)22-6-2-4-8-24(22)26;1-10-2-6-12(7-3-10)15-13-8-4-11(14)5-9-13;1-3-7-12-10(5-1)9-11-6-2-4-8-13(11)12/h1-16H;2-9H,1H3;1-8H,9H2. The third kappa shape index (κ3) is 8.87. The normalized spacial score (nSPS) is 11.3. The first kappa shape index (κ1) is 37.2. The highest BCUT2D eigenvalue weighted by Gasteiger charge is 2.16. The first-order valence-corrected chi connectivity index (χ1v) is 21.4. The summed E-state index contributed by atoms with van der Waals surface area (Å²) in [6.07, 6.45) is 1.10. The van der Waals surface area contributed by atoms with E-state index in [0.29, 0.717) is 0 Å². The highest BCUT2D eigenvalue weighted by atomic mass is 79.9. The maximum absolute atomic E-state index is 3.49. The average molecular weight is 876 g/mol. The first-order valence-electron chi connectivity index (χ1n) is 18.2. The number of aryl methyl sites for hydroxylation is 1. The summed E-state index contributed by atoms with van der Waals surface area (Å²) in [6.45, 7) is 2.11. The second-order valence-electron chi connectivity index (χ2n) is 13.3. The van der Waals surface area contributed by atoms with Crippen molar-refractivity contribution in [1.29, 1.82) is 0 Å². The lowest BCUT2D eigenvalue weighted by Gasteiger charge is -2.09. The van der Waals surface area contributed by atoms with Gasteiger partial charge in [0.15, 0.2) is 0 Å². The first-order chi connectivity index (χ1) is 27.0. The van der Waals surface area contributed by atoms with Crippen LogP contribution >= 0.6 is 55.4 Å². The number of fused-ring (bicyclic) bond motifs is 6. The van der Waals surface area contributed by atoms with Crippen LogP contribution in [-0.4, -0.2) is 4.57 Å². The number of hydrogen-bond acceptors (Lipinski definition) is 2. The Morgan fingerprint density at radius 3 is 1.22 bits per heavy atom. The summed E-state index contributed by atoms with van der Waals surface area (Å²) >= 11 is 10.5. The maximum Gasteiger partial charge on any atom is 0.0541 e. The molecule has 8 aromatic carbocycles. The summed E-state index contributed by atoms with van der Waals surface area (Å²) < 4.78 is 4.57. The Kier molecular flexibility index (Phi) is 11.7. The van der Waals surface area contributed by atoms with E-state index >= 15 is 0 Å². The SMILES string of the molecule is Brc1ccc(Sc2ccc(-n3c4ccccc4c4ccccc43)cc2)cc1.Cc1ccc(Sc2ccc(Br)cc2)cc1.c1ccc2c(c1)Cc1ccccc1-2. The molecule has 55 heavy (non-hydrogen) atoms. The summed E-state index contributed by atoms with van der Waals surface area (Å²) in [5.74, 6) is 0. The van der Waals surface area contributed by atoms with Gasteiger partial charge < -0.3 is 4.57 Å². The number of benzene rings is 8. The molecule has 5 heteroatoms. The van der Waals surface area contributed by atoms with E-state index in [9.17, 15) is 0 Å². The van der Waals surface area contributed by atoms with Gasteiger partial charge in [-0.15, -0.1) is 0 Å². The summed E-state index contributed by atoms with van der Waals surface area (Å²) in [5.41, 5.74) is 10.7. The topological polar surface area (TPSA) is 4.93 Å². The summed E-state index contributed by atoms with van der Waals surface area (Å²) in [4.78, 5) is 5.02.